The standard InChI is InChI=1S/C10H21N3OS/c1-3-10(11,4-2)6-12-9(14)8-5-15-7-13-8/h8,13H,3-7,11H2,1-2H3,(H,12,14). The molecule has 1 aliphatic heterocycles. The Bertz CT molecular complexity index is 213. The van der Waals surface area contributed by atoms with Crippen LogP contribution in [-0.4, -0.2) is 35.7 Å². The summed E-state index contributed by atoms with van der Waals surface area (Å²) in [7, 11) is 0. The van der Waals surface area contributed by atoms with Crippen molar-refractivity contribution in [3.05, 3.63) is 0 Å². The number of rotatable bonds is 5. The molecule has 5 heteroatoms. The molecule has 88 valence electrons. The number of thioether (sulfide) groups is 1. The van der Waals surface area contributed by atoms with Gasteiger partial charge in [0.15, 0.2) is 0 Å². The van der Waals surface area contributed by atoms with Crippen molar-refractivity contribution in [1.29, 1.82) is 0 Å². The largest absolute Gasteiger partial charge is 0.353 e. The zero-order valence-corrected chi connectivity index (χ0v) is 10.3. The van der Waals surface area contributed by atoms with E-state index in [-0.39, 0.29) is 17.5 Å². The molecule has 1 saturated heterocycles. The average Bonchev–Trinajstić information content (AvgIpc) is 2.79. The van der Waals surface area contributed by atoms with Crippen LogP contribution in [0.25, 0.3) is 0 Å². The normalized spacial score (nSPS) is 21.7. The van der Waals surface area contributed by atoms with Crippen LogP contribution in [0.15, 0.2) is 0 Å². The van der Waals surface area contributed by atoms with E-state index in [1.54, 1.807) is 11.8 Å². The number of amides is 1. The first kappa shape index (κ1) is 12.8. The molecule has 15 heavy (non-hydrogen) atoms. The van der Waals surface area contributed by atoms with Crippen molar-refractivity contribution in [3.63, 3.8) is 0 Å². The quantitative estimate of drug-likeness (QED) is 0.636. The number of nitrogens with two attached hydrogens (primary N) is 1. The molecule has 0 aromatic carbocycles. The van der Waals surface area contributed by atoms with E-state index in [0.717, 1.165) is 24.5 Å². The summed E-state index contributed by atoms with van der Waals surface area (Å²) in [6, 6.07) is -0.0343. The van der Waals surface area contributed by atoms with Gasteiger partial charge < -0.3 is 11.1 Å². The number of carbonyl (C=O) groups excluding carboxylic acids is 1. The molecule has 1 fully saturated rings. The zero-order valence-electron chi connectivity index (χ0n) is 9.51. The Labute approximate surface area is 95.7 Å². The molecule has 4 nitrogen and oxygen atoms in total. The van der Waals surface area contributed by atoms with Crippen LogP contribution >= 0.6 is 11.8 Å². The van der Waals surface area contributed by atoms with Crippen LogP contribution in [0.4, 0.5) is 0 Å². The van der Waals surface area contributed by atoms with Gasteiger partial charge in [0.1, 0.15) is 0 Å². The first-order valence-electron chi connectivity index (χ1n) is 5.49. The lowest BCUT2D eigenvalue weighted by Crippen LogP contribution is -2.52. The van der Waals surface area contributed by atoms with Crippen LogP contribution in [0.3, 0.4) is 0 Å². The fourth-order valence-electron chi connectivity index (χ4n) is 1.45. The molecule has 1 rings (SSSR count). The minimum absolute atomic E-state index is 0.0343. The Kier molecular flexibility index (Phi) is 4.89. The topological polar surface area (TPSA) is 67.1 Å². The van der Waals surface area contributed by atoms with Crippen LogP contribution in [0.2, 0.25) is 0 Å². The zero-order chi connectivity index (χ0) is 11.3. The molecular weight excluding hydrogens is 210 g/mol. The molecule has 0 bridgehead atoms. The molecule has 1 heterocycles. The number of hydrogen-bond acceptors (Lipinski definition) is 4. The Morgan fingerprint density at radius 1 is 1.60 bits per heavy atom. The van der Waals surface area contributed by atoms with Gasteiger partial charge in [-0.1, -0.05) is 13.8 Å². The van der Waals surface area contributed by atoms with Crippen LogP contribution in [0, 0.1) is 0 Å². The van der Waals surface area contributed by atoms with E-state index >= 15 is 0 Å². The van der Waals surface area contributed by atoms with Gasteiger partial charge >= 0.3 is 0 Å². The Morgan fingerprint density at radius 3 is 2.73 bits per heavy atom. The minimum atomic E-state index is -0.249. The highest BCUT2D eigenvalue weighted by atomic mass is 32.2. The van der Waals surface area contributed by atoms with E-state index < -0.39 is 0 Å². The lowest BCUT2D eigenvalue weighted by Gasteiger charge is -2.27. The summed E-state index contributed by atoms with van der Waals surface area (Å²) in [5, 5.41) is 6.07. The van der Waals surface area contributed by atoms with Gasteiger partial charge in [0.2, 0.25) is 5.91 Å². The van der Waals surface area contributed by atoms with Crippen molar-refractivity contribution < 1.29 is 4.79 Å². The molecule has 0 saturated carbocycles. The summed E-state index contributed by atoms with van der Waals surface area (Å²) in [4.78, 5) is 11.7. The average molecular weight is 231 g/mol. The minimum Gasteiger partial charge on any atom is -0.353 e. The predicted molar refractivity (Wildman–Crippen MR) is 64.8 cm³/mol. The van der Waals surface area contributed by atoms with E-state index in [4.69, 9.17) is 5.73 Å². The van der Waals surface area contributed by atoms with Gasteiger partial charge in [0.25, 0.3) is 0 Å². The fourth-order valence-corrected chi connectivity index (χ4v) is 2.39. The Morgan fingerprint density at radius 2 is 2.27 bits per heavy atom. The van der Waals surface area contributed by atoms with Crippen molar-refractivity contribution in [2.24, 2.45) is 5.73 Å². The van der Waals surface area contributed by atoms with Gasteiger partial charge in [-0.2, -0.15) is 0 Å². The van der Waals surface area contributed by atoms with Gasteiger partial charge in [-0.3, -0.25) is 10.1 Å². The van der Waals surface area contributed by atoms with Crippen LogP contribution < -0.4 is 16.4 Å². The molecule has 0 radical (unpaired) electrons. The lowest BCUT2D eigenvalue weighted by atomic mass is 9.94. The van der Waals surface area contributed by atoms with Crippen molar-refractivity contribution in [2.45, 2.75) is 38.3 Å². The molecular formula is C10H21N3OS. The highest BCUT2D eigenvalue weighted by molar-refractivity contribution is 7.99. The molecule has 1 aliphatic rings. The van der Waals surface area contributed by atoms with Crippen LogP contribution in [0.5, 0.6) is 0 Å². The third-order valence-electron chi connectivity index (χ3n) is 3.06. The summed E-state index contributed by atoms with van der Waals surface area (Å²) in [6.45, 7) is 4.68. The molecule has 0 aromatic rings. The van der Waals surface area contributed by atoms with Gasteiger partial charge in [-0.05, 0) is 12.8 Å². The van der Waals surface area contributed by atoms with E-state index in [0.29, 0.717) is 6.54 Å². The SMILES string of the molecule is CCC(N)(CC)CNC(=O)C1CSCN1. The molecule has 4 N–H and O–H groups in total. The first-order chi connectivity index (χ1) is 7.11. The van der Waals surface area contributed by atoms with E-state index in [1.165, 1.54) is 0 Å². The highest BCUT2D eigenvalue weighted by Gasteiger charge is 2.25. The molecule has 1 unspecified atom stereocenters. The molecule has 0 spiro atoms. The number of nitrogens with one attached hydrogen (secondary N) is 2. The smallest absolute Gasteiger partial charge is 0.238 e. The second-order valence-corrected chi connectivity index (χ2v) is 5.09. The summed E-state index contributed by atoms with van der Waals surface area (Å²) < 4.78 is 0. The lowest BCUT2D eigenvalue weighted by molar-refractivity contribution is -0.122. The van der Waals surface area contributed by atoms with Gasteiger partial charge in [-0.25, -0.2) is 0 Å². The van der Waals surface area contributed by atoms with Crippen LogP contribution in [-0.2, 0) is 4.79 Å². The van der Waals surface area contributed by atoms with Crippen molar-refractivity contribution in [1.82, 2.24) is 10.6 Å². The molecule has 0 aliphatic carbocycles. The molecule has 0 aromatic heterocycles. The highest BCUT2D eigenvalue weighted by Crippen LogP contribution is 2.11. The van der Waals surface area contributed by atoms with E-state index in [9.17, 15) is 4.79 Å². The fraction of sp³-hybridized carbons (Fsp3) is 0.900. The second-order valence-electron chi connectivity index (χ2n) is 4.06. The second kappa shape index (κ2) is 5.72. The number of carbonyl (C=O) groups is 1. The van der Waals surface area contributed by atoms with Gasteiger partial charge in [-0.15, -0.1) is 11.8 Å². The maximum Gasteiger partial charge on any atom is 0.238 e. The molecule has 1 atom stereocenters. The summed E-state index contributed by atoms with van der Waals surface area (Å²) >= 11 is 1.75. The Hall–Kier alpha value is -0.260. The summed E-state index contributed by atoms with van der Waals surface area (Å²) in [5.41, 5.74) is 5.85. The summed E-state index contributed by atoms with van der Waals surface area (Å²) in [5.74, 6) is 1.81. The number of hydrogen-bond donors (Lipinski definition) is 3. The van der Waals surface area contributed by atoms with Gasteiger partial charge in [0.05, 0.1) is 6.04 Å². The third-order valence-corrected chi connectivity index (χ3v) is 4.00. The van der Waals surface area contributed by atoms with Crippen molar-refractivity contribution >= 4 is 17.7 Å². The Balaban J connectivity index is 2.32. The monoisotopic (exact) mass is 231 g/mol. The van der Waals surface area contributed by atoms with E-state index in [1.807, 2.05) is 0 Å². The van der Waals surface area contributed by atoms with Crippen molar-refractivity contribution in [3.8, 4) is 0 Å². The van der Waals surface area contributed by atoms with Crippen molar-refractivity contribution in [2.75, 3.05) is 18.2 Å². The predicted octanol–water partition coefficient (Wildman–Crippen LogP) is 0.283. The maximum absolute atomic E-state index is 11.7. The maximum atomic E-state index is 11.7. The van der Waals surface area contributed by atoms with Crippen LogP contribution in [0.1, 0.15) is 26.7 Å². The summed E-state index contributed by atoms with van der Waals surface area (Å²) in [6.07, 6.45) is 1.77. The third kappa shape index (κ3) is 3.66. The van der Waals surface area contributed by atoms with Gasteiger partial charge in [0, 0.05) is 23.7 Å². The van der Waals surface area contributed by atoms with E-state index in [2.05, 4.69) is 24.5 Å². The first-order valence-corrected chi connectivity index (χ1v) is 6.64. The molecule has 1 amide bonds.